The van der Waals surface area contributed by atoms with Gasteiger partial charge in [-0.25, -0.2) is 4.39 Å². The van der Waals surface area contributed by atoms with Gasteiger partial charge in [-0.05, 0) is 59.0 Å². The zero-order valence-electron chi connectivity index (χ0n) is 12.0. The second-order valence-corrected chi connectivity index (χ2v) is 6.30. The van der Waals surface area contributed by atoms with E-state index < -0.39 is 0 Å². The van der Waals surface area contributed by atoms with Crippen LogP contribution >= 0.6 is 15.9 Å². The van der Waals surface area contributed by atoms with Crippen molar-refractivity contribution in [3.8, 4) is 0 Å². The summed E-state index contributed by atoms with van der Waals surface area (Å²) >= 11 is 3.82. The van der Waals surface area contributed by atoms with Crippen molar-refractivity contribution in [3.63, 3.8) is 0 Å². The van der Waals surface area contributed by atoms with Gasteiger partial charge in [-0.3, -0.25) is 0 Å². The first-order valence-electron chi connectivity index (χ1n) is 6.96. The van der Waals surface area contributed by atoms with E-state index in [1.54, 1.807) is 6.07 Å². The summed E-state index contributed by atoms with van der Waals surface area (Å²) in [5.41, 5.74) is 4.56. The molecule has 0 aliphatic carbocycles. The van der Waals surface area contributed by atoms with E-state index >= 15 is 0 Å². The van der Waals surface area contributed by atoms with Crippen LogP contribution in [0.1, 0.15) is 27.1 Å². The Hall–Kier alpha value is -1.67. The van der Waals surface area contributed by atoms with Crippen molar-refractivity contribution in [2.75, 3.05) is 0 Å². The highest BCUT2D eigenvalue weighted by molar-refractivity contribution is 9.09. The smallest absolute Gasteiger partial charge is 0.123 e. The van der Waals surface area contributed by atoms with Gasteiger partial charge in [-0.2, -0.15) is 0 Å². The number of benzene rings is 3. The van der Waals surface area contributed by atoms with Crippen molar-refractivity contribution in [1.29, 1.82) is 0 Å². The van der Waals surface area contributed by atoms with Crippen LogP contribution in [0.2, 0.25) is 0 Å². The molecule has 0 fully saturated rings. The number of alkyl halides is 1. The number of halogens is 2. The third-order valence-electron chi connectivity index (χ3n) is 3.95. The van der Waals surface area contributed by atoms with Gasteiger partial charge in [-0.1, -0.05) is 58.4 Å². The van der Waals surface area contributed by atoms with Crippen molar-refractivity contribution < 1.29 is 4.39 Å². The minimum Gasteiger partial charge on any atom is -0.207 e. The molecule has 0 nitrogen and oxygen atoms in total. The van der Waals surface area contributed by atoms with Crippen molar-refractivity contribution in [3.05, 3.63) is 82.7 Å². The normalized spacial score (nSPS) is 12.6. The zero-order valence-corrected chi connectivity index (χ0v) is 13.6. The maximum Gasteiger partial charge on any atom is 0.123 e. The number of fused-ring (bicyclic) bond motifs is 1. The van der Waals surface area contributed by atoms with Crippen LogP contribution < -0.4 is 0 Å². The highest BCUT2D eigenvalue weighted by Gasteiger charge is 2.17. The fourth-order valence-electron chi connectivity index (χ4n) is 2.82. The Morgan fingerprint density at radius 2 is 1.67 bits per heavy atom. The Bertz CT molecular complexity index is 808. The van der Waals surface area contributed by atoms with Gasteiger partial charge in [0.1, 0.15) is 5.82 Å². The van der Waals surface area contributed by atoms with E-state index in [-0.39, 0.29) is 10.6 Å². The molecule has 1 atom stereocenters. The SMILES string of the molecule is Cc1cc(F)ccc1C(Br)c1c(C)ccc2ccccc12. The molecular weight excluding hydrogens is 327 g/mol. The minimum absolute atomic E-state index is 0.0594. The second-order valence-electron chi connectivity index (χ2n) is 5.38. The quantitative estimate of drug-likeness (QED) is 0.495. The van der Waals surface area contributed by atoms with E-state index in [4.69, 9.17) is 0 Å². The molecule has 3 rings (SSSR count). The molecule has 3 aromatic carbocycles. The van der Waals surface area contributed by atoms with Crippen molar-refractivity contribution in [2.24, 2.45) is 0 Å². The summed E-state index contributed by atoms with van der Waals surface area (Å²) in [7, 11) is 0. The Balaban J connectivity index is 2.21. The lowest BCUT2D eigenvalue weighted by Gasteiger charge is -2.18. The molecule has 21 heavy (non-hydrogen) atoms. The van der Waals surface area contributed by atoms with Gasteiger partial charge >= 0.3 is 0 Å². The van der Waals surface area contributed by atoms with Gasteiger partial charge in [0, 0.05) is 0 Å². The first-order chi connectivity index (χ1) is 10.1. The predicted molar refractivity (Wildman–Crippen MR) is 90.6 cm³/mol. The summed E-state index contributed by atoms with van der Waals surface area (Å²) in [5.74, 6) is -0.189. The molecule has 1 unspecified atom stereocenters. The fraction of sp³-hybridized carbons (Fsp3) is 0.158. The molecule has 2 heteroatoms. The Morgan fingerprint density at radius 1 is 0.905 bits per heavy atom. The molecule has 0 amide bonds. The van der Waals surface area contributed by atoms with E-state index in [0.717, 1.165) is 11.1 Å². The standard InChI is InChI=1S/C19H16BrF/c1-12-7-8-14-5-3-4-6-17(14)18(12)19(20)16-10-9-15(21)11-13(16)2/h3-11,19H,1-2H3. The summed E-state index contributed by atoms with van der Waals surface area (Å²) < 4.78 is 13.3. The Morgan fingerprint density at radius 3 is 2.43 bits per heavy atom. The molecule has 3 aromatic rings. The lowest BCUT2D eigenvalue weighted by atomic mass is 9.92. The highest BCUT2D eigenvalue weighted by atomic mass is 79.9. The third kappa shape index (κ3) is 2.60. The number of aryl methyl sites for hydroxylation is 2. The van der Waals surface area contributed by atoms with E-state index in [1.165, 1.54) is 28.0 Å². The molecule has 0 saturated carbocycles. The summed E-state index contributed by atoms with van der Waals surface area (Å²) in [6.07, 6.45) is 0. The van der Waals surface area contributed by atoms with E-state index in [0.29, 0.717) is 0 Å². The van der Waals surface area contributed by atoms with Crippen LogP contribution in [0, 0.1) is 19.7 Å². The Kier molecular flexibility index (Phi) is 3.81. The number of rotatable bonds is 2. The molecule has 0 heterocycles. The molecule has 0 bridgehead atoms. The molecule has 0 spiro atoms. The summed E-state index contributed by atoms with van der Waals surface area (Å²) in [5, 5.41) is 2.46. The van der Waals surface area contributed by atoms with Crippen LogP contribution in [0.15, 0.2) is 54.6 Å². The van der Waals surface area contributed by atoms with Crippen LogP contribution in [-0.2, 0) is 0 Å². The molecule has 0 saturated heterocycles. The summed E-state index contributed by atoms with van der Waals surface area (Å²) in [6, 6.07) is 17.6. The molecule has 0 N–H and O–H groups in total. The minimum atomic E-state index is -0.189. The molecule has 0 aliphatic rings. The first-order valence-corrected chi connectivity index (χ1v) is 7.88. The van der Waals surface area contributed by atoms with Crippen LogP contribution in [0.25, 0.3) is 10.8 Å². The number of hydrogen-bond donors (Lipinski definition) is 0. The maximum atomic E-state index is 13.3. The lowest BCUT2D eigenvalue weighted by Crippen LogP contribution is -2.00. The summed E-state index contributed by atoms with van der Waals surface area (Å²) in [6.45, 7) is 4.07. The Labute approximate surface area is 132 Å². The van der Waals surface area contributed by atoms with Crippen molar-refractivity contribution >= 4 is 26.7 Å². The van der Waals surface area contributed by atoms with Crippen LogP contribution in [-0.4, -0.2) is 0 Å². The van der Waals surface area contributed by atoms with Gasteiger partial charge in [-0.15, -0.1) is 0 Å². The third-order valence-corrected chi connectivity index (χ3v) is 4.90. The molecular formula is C19H16BrF. The predicted octanol–water partition coefficient (Wildman–Crippen LogP) is 6.08. The largest absolute Gasteiger partial charge is 0.207 e. The van der Waals surface area contributed by atoms with E-state index in [1.807, 2.05) is 19.1 Å². The molecule has 106 valence electrons. The van der Waals surface area contributed by atoms with Gasteiger partial charge < -0.3 is 0 Å². The maximum absolute atomic E-state index is 13.3. The summed E-state index contributed by atoms with van der Waals surface area (Å²) in [4.78, 5) is 0.0594. The average molecular weight is 343 g/mol. The van der Waals surface area contributed by atoms with Gasteiger partial charge in [0.15, 0.2) is 0 Å². The van der Waals surface area contributed by atoms with Gasteiger partial charge in [0.2, 0.25) is 0 Å². The van der Waals surface area contributed by atoms with Crippen LogP contribution in [0.5, 0.6) is 0 Å². The number of hydrogen-bond acceptors (Lipinski definition) is 0. The molecule has 0 radical (unpaired) electrons. The second kappa shape index (κ2) is 5.61. The first kappa shape index (κ1) is 14.3. The van der Waals surface area contributed by atoms with E-state index in [2.05, 4.69) is 53.2 Å². The van der Waals surface area contributed by atoms with Gasteiger partial charge in [0.25, 0.3) is 0 Å². The van der Waals surface area contributed by atoms with Gasteiger partial charge in [0.05, 0.1) is 4.83 Å². The fourth-order valence-corrected chi connectivity index (χ4v) is 3.94. The zero-order chi connectivity index (χ0) is 15.0. The highest BCUT2D eigenvalue weighted by Crippen LogP contribution is 2.38. The van der Waals surface area contributed by atoms with Crippen molar-refractivity contribution in [2.45, 2.75) is 18.7 Å². The van der Waals surface area contributed by atoms with Crippen molar-refractivity contribution in [1.82, 2.24) is 0 Å². The molecule has 0 aliphatic heterocycles. The topological polar surface area (TPSA) is 0 Å². The monoisotopic (exact) mass is 342 g/mol. The van der Waals surface area contributed by atoms with Crippen LogP contribution in [0.3, 0.4) is 0 Å². The average Bonchev–Trinajstić information content (AvgIpc) is 2.46. The molecule has 0 aromatic heterocycles. The van der Waals surface area contributed by atoms with Crippen LogP contribution in [0.4, 0.5) is 4.39 Å². The van der Waals surface area contributed by atoms with E-state index in [9.17, 15) is 4.39 Å². The lowest BCUT2D eigenvalue weighted by molar-refractivity contribution is 0.626.